The van der Waals surface area contributed by atoms with Gasteiger partial charge in [-0.25, -0.2) is 0 Å². The lowest BCUT2D eigenvalue weighted by atomic mass is 10.1. The van der Waals surface area contributed by atoms with Gasteiger partial charge in [0.15, 0.2) is 5.82 Å². The molecular formula is C11H20N4O. The van der Waals surface area contributed by atoms with E-state index < -0.39 is 0 Å². The molecule has 0 aliphatic carbocycles. The third-order valence-electron chi connectivity index (χ3n) is 3.02. The summed E-state index contributed by atoms with van der Waals surface area (Å²) >= 11 is 0. The fraction of sp³-hybridized carbons (Fsp3) is 0.818. The third kappa shape index (κ3) is 2.35. The van der Waals surface area contributed by atoms with Crippen molar-refractivity contribution in [3.63, 3.8) is 0 Å². The van der Waals surface area contributed by atoms with Gasteiger partial charge in [0.2, 0.25) is 0 Å². The standard InChI is InChI=1S/C11H20N4O/c1-9-12-10(16-13-9)14-5-7-15(8-6-14)11(2,3)4/h5-8H2,1-4H3. The van der Waals surface area contributed by atoms with Crippen LogP contribution in [0.3, 0.4) is 0 Å². The van der Waals surface area contributed by atoms with E-state index >= 15 is 0 Å². The lowest BCUT2D eigenvalue weighted by Gasteiger charge is -2.41. The van der Waals surface area contributed by atoms with Crippen molar-refractivity contribution in [3.05, 3.63) is 5.82 Å². The highest BCUT2D eigenvalue weighted by Gasteiger charge is 2.27. The van der Waals surface area contributed by atoms with Gasteiger partial charge in [0, 0.05) is 31.7 Å². The Morgan fingerprint density at radius 3 is 2.19 bits per heavy atom. The molecule has 0 atom stereocenters. The van der Waals surface area contributed by atoms with E-state index in [1.54, 1.807) is 0 Å². The first-order valence-corrected chi connectivity index (χ1v) is 5.77. The van der Waals surface area contributed by atoms with Crippen LogP contribution in [0.4, 0.5) is 6.01 Å². The zero-order valence-corrected chi connectivity index (χ0v) is 10.5. The van der Waals surface area contributed by atoms with E-state index in [0.29, 0.717) is 11.8 Å². The first-order chi connectivity index (χ1) is 7.47. The SMILES string of the molecule is Cc1noc(N2CCN(C(C)(C)C)CC2)n1. The van der Waals surface area contributed by atoms with Crippen molar-refractivity contribution in [2.24, 2.45) is 0 Å². The number of piperazine rings is 1. The average molecular weight is 224 g/mol. The van der Waals surface area contributed by atoms with Gasteiger partial charge in [-0.3, -0.25) is 4.90 Å². The number of nitrogens with zero attached hydrogens (tertiary/aromatic N) is 4. The summed E-state index contributed by atoms with van der Waals surface area (Å²) in [5.41, 5.74) is 0.247. The maximum Gasteiger partial charge on any atom is 0.324 e. The highest BCUT2D eigenvalue weighted by atomic mass is 16.5. The topological polar surface area (TPSA) is 45.4 Å². The van der Waals surface area contributed by atoms with Crippen molar-refractivity contribution in [3.8, 4) is 0 Å². The Labute approximate surface area is 96.4 Å². The van der Waals surface area contributed by atoms with Crippen LogP contribution in [0.15, 0.2) is 4.52 Å². The fourth-order valence-corrected chi connectivity index (χ4v) is 1.98. The highest BCUT2D eigenvalue weighted by Crippen LogP contribution is 2.19. The van der Waals surface area contributed by atoms with Crippen LogP contribution < -0.4 is 4.90 Å². The Balaban J connectivity index is 1.95. The second-order valence-corrected chi connectivity index (χ2v) is 5.27. The Bertz CT molecular complexity index is 347. The Morgan fingerprint density at radius 1 is 1.12 bits per heavy atom. The number of hydrogen-bond acceptors (Lipinski definition) is 5. The van der Waals surface area contributed by atoms with Crippen molar-refractivity contribution >= 4 is 6.01 Å². The van der Waals surface area contributed by atoms with Crippen molar-refractivity contribution < 1.29 is 4.52 Å². The summed E-state index contributed by atoms with van der Waals surface area (Å²) < 4.78 is 5.17. The number of hydrogen-bond donors (Lipinski definition) is 0. The first kappa shape index (κ1) is 11.4. The molecule has 0 spiro atoms. The molecule has 0 saturated carbocycles. The molecule has 0 unspecified atom stereocenters. The average Bonchev–Trinajstić information content (AvgIpc) is 2.64. The Kier molecular flexibility index (Phi) is 2.88. The second-order valence-electron chi connectivity index (χ2n) is 5.27. The van der Waals surface area contributed by atoms with Crippen LogP contribution in [0, 0.1) is 6.92 Å². The lowest BCUT2D eigenvalue weighted by Crippen LogP contribution is -2.53. The Morgan fingerprint density at radius 2 is 1.75 bits per heavy atom. The van der Waals surface area contributed by atoms with E-state index in [4.69, 9.17) is 4.52 Å². The van der Waals surface area contributed by atoms with Gasteiger partial charge in [-0.05, 0) is 27.7 Å². The molecule has 0 bridgehead atoms. The van der Waals surface area contributed by atoms with Crippen molar-refractivity contribution in [2.45, 2.75) is 33.2 Å². The van der Waals surface area contributed by atoms with Gasteiger partial charge < -0.3 is 9.42 Å². The predicted octanol–water partition coefficient (Wildman–Crippen LogP) is 1.30. The zero-order valence-electron chi connectivity index (χ0n) is 10.5. The number of aromatic nitrogens is 2. The molecule has 16 heavy (non-hydrogen) atoms. The van der Waals surface area contributed by atoms with Gasteiger partial charge in [0.1, 0.15) is 0 Å². The molecule has 5 nitrogen and oxygen atoms in total. The van der Waals surface area contributed by atoms with Gasteiger partial charge in [0.25, 0.3) is 0 Å². The fourth-order valence-electron chi connectivity index (χ4n) is 1.98. The molecule has 0 aromatic carbocycles. The summed E-state index contributed by atoms with van der Waals surface area (Å²) in [5.74, 6) is 0.702. The minimum Gasteiger partial charge on any atom is -0.322 e. The molecular weight excluding hydrogens is 204 g/mol. The summed E-state index contributed by atoms with van der Waals surface area (Å²) in [6, 6.07) is 0.658. The molecule has 1 aromatic heterocycles. The molecule has 90 valence electrons. The largest absolute Gasteiger partial charge is 0.324 e. The van der Waals surface area contributed by atoms with Crippen LogP contribution in [-0.4, -0.2) is 46.8 Å². The molecule has 5 heteroatoms. The quantitative estimate of drug-likeness (QED) is 0.719. The summed E-state index contributed by atoms with van der Waals surface area (Å²) in [7, 11) is 0. The monoisotopic (exact) mass is 224 g/mol. The zero-order chi connectivity index (χ0) is 11.8. The smallest absolute Gasteiger partial charge is 0.322 e. The normalized spacial score (nSPS) is 19.1. The van der Waals surface area contributed by atoms with Crippen LogP contribution in [0.1, 0.15) is 26.6 Å². The minimum atomic E-state index is 0.247. The second kappa shape index (κ2) is 4.05. The van der Waals surface area contributed by atoms with Gasteiger partial charge in [-0.2, -0.15) is 4.98 Å². The number of aryl methyl sites for hydroxylation is 1. The summed E-state index contributed by atoms with van der Waals surface area (Å²) in [6.45, 7) is 12.6. The van der Waals surface area contributed by atoms with Crippen molar-refractivity contribution in [1.29, 1.82) is 0 Å². The van der Waals surface area contributed by atoms with Crippen molar-refractivity contribution in [2.75, 3.05) is 31.1 Å². The number of anilines is 1. The molecule has 0 radical (unpaired) electrons. The third-order valence-corrected chi connectivity index (χ3v) is 3.02. The molecule has 2 rings (SSSR count). The van der Waals surface area contributed by atoms with Crippen molar-refractivity contribution in [1.82, 2.24) is 15.0 Å². The van der Waals surface area contributed by atoms with Crippen LogP contribution in [0.25, 0.3) is 0 Å². The molecule has 1 aliphatic heterocycles. The van der Waals surface area contributed by atoms with Gasteiger partial charge in [-0.1, -0.05) is 5.16 Å². The summed E-state index contributed by atoms with van der Waals surface area (Å²) in [5, 5.41) is 3.82. The van der Waals surface area contributed by atoms with Gasteiger partial charge in [0.05, 0.1) is 0 Å². The van der Waals surface area contributed by atoms with Gasteiger partial charge in [-0.15, -0.1) is 0 Å². The Hall–Kier alpha value is -1.10. The van der Waals surface area contributed by atoms with E-state index in [0.717, 1.165) is 26.2 Å². The summed E-state index contributed by atoms with van der Waals surface area (Å²) in [4.78, 5) is 8.89. The van der Waals surface area contributed by atoms with Crippen LogP contribution in [0.5, 0.6) is 0 Å². The maximum atomic E-state index is 5.17. The van der Waals surface area contributed by atoms with E-state index in [2.05, 4.69) is 40.7 Å². The van der Waals surface area contributed by atoms with Gasteiger partial charge >= 0.3 is 6.01 Å². The molecule has 0 N–H and O–H groups in total. The molecule has 0 amide bonds. The first-order valence-electron chi connectivity index (χ1n) is 5.77. The molecule has 2 heterocycles. The molecule has 1 aromatic rings. The van der Waals surface area contributed by atoms with E-state index in [-0.39, 0.29) is 5.54 Å². The number of rotatable bonds is 1. The van der Waals surface area contributed by atoms with E-state index in [9.17, 15) is 0 Å². The summed E-state index contributed by atoms with van der Waals surface area (Å²) in [6.07, 6.45) is 0. The van der Waals surface area contributed by atoms with E-state index in [1.165, 1.54) is 0 Å². The lowest BCUT2D eigenvalue weighted by molar-refractivity contribution is 0.126. The van der Waals surface area contributed by atoms with Crippen LogP contribution in [0.2, 0.25) is 0 Å². The molecule has 1 saturated heterocycles. The van der Waals surface area contributed by atoms with Crippen LogP contribution >= 0.6 is 0 Å². The maximum absolute atomic E-state index is 5.17. The highest BCUT2D eigenvalue weighted by molar-refractivity contribution is 5.25. The minimum absolute atomic E-state index is 0.247. The molecule has 1 fully saturated rings. The molecule has 1 aliphatic rings. The van der Waals surface area contributed by atoms with Crippen LogP contribution in [-0.2, 0) is 0 Å². The van der Waals surface area contributed by atoms with E-state index in [1.807, 2.05) is 6.92 Å². The predicted molar refractivity (Wildman–Crippen MR) is 62.6 cm³/mol.